The lowest BCUT2D eigenvalue weighted by Gasteiger charge is -2.32. The Morgan fingerprint density at radius 1 is 0.949 bits per heavy atom. The van der Waals surface area contributed by atoms with Crippen LogP contribution >= 0.6 is 33.4 Å². The summed E-state index contributed by atoms with van der Waals surface area (Å²) in [6, 6.07) is -2.06. The van der Waals surface area contributed by atoms with Gasteiger partial charge < -0.3 is 23.8 Å². The van der Waals surface area contributed by atoms with E-state index in [9.17, 15) is 29.8 Å². The summed E-state index contributed by atoms with van der Waals surface area (Å²) in [5.74, 6) is -2.87. The molecule has 7 unspecified atom stereocenters. The molecule has 2 rings (SSSR count). The van der Waals surface area contributed by atoms with Crippen LogP contribution in [0.15, 0.2) is 0 Å². The van der Waals surface area contributed by atoms with Crippen molar-refractivity contribution in [2.45, 2.75) is 80.2 Å². The van der Waals surface area contributed by atoms with Crippen LogP contribution in [0.1, 0.15) is 51.4 Å². The second-order valence-corrected chi connectivity index (χ2v) is 12.4. The Balaban J connectivity index is 1.92. The lowest BCUT2D eigenvalue weighted by atomic mass is 9.84. The van der Waals surface area contributed by atoms with Crippen LogP contribution in [0.25, 0.3) is 4.84 Å². The fourth-order valence-corrected chi connectivity index (χ4v) is 8.13. The molecule has 0 spiro atoms. The van der Waals surface area contributed by atoms with E-state index in [1.165, 1.54) is 35.8 Å². The van der Waals surface area contributed by atoms with Crippen LogP contribution in [0, 0.1) is 32.1 Å². The van der Waals surface area contributed by atoms with Crippen molar-refractivity contribution >= 4 is 51.2 Å². The quantitative estimate of drug-likeness (QED) is 0.0705. The highest BCUT2D eigenvalue weighted by Gasteiger charge is 2.46. The van der Waals surface area contributed by atoms with E-state index in [1.54, 1.807) is 0 Å². The standard InChI is InChI=1S/C22H34ClN4O10S2/c1-34-19(24)7-9-36-21(28)15-11-13(3-5-17(15)26(30)31)38-39-14-4-6-18(27(32)33)16(12-14)22(29)37-10-8-20(25-23)35-2/h13-18,20,24H,3-12H2,1-2H3/q-1/p+1. The fourth-order valence-electron chi connectivity index (χ4n) is 4.61. The highest BCUT2D eigenvalue weighted by atomic mass is 35.5. The summed E-state index contributed by atoms with van der Waals surface area (Å²) in [4.78, 5) is 51.1. The predicted octanol–water partition coefficient (Wildman–Crippen LogP) is 2.17. The molecule has 222 valence electrons. The van der Waals surface area contributed by atoms with Crippen LogP contribution in [0.4, 0.5) is 0 Å². The maximum atomic E-state index is 12.7. The van der Waals surface area contributed by atoms with Crippen molar-refractivity contribution in [2.24, 2.45) is 11.8 Å². The van der Waals surface area contributed by atoms with E-state index in [0.717, 1.165) is 0 Å². The van der Waals surface area contributed by atoms with Crippen LogP contribution in [-0.4, -0.2) is 83.9 Å². The Morgan fingerprint density at radius 3 is 1.85 bits per heavy atom. The fraction of sp³-hybridized carbons (Fsp3) is 0.864. The van der Waals surface area contributed by atoms with Crippen molar-refractivity contribution in [3.63, 3.8) is 0 Å². The van der Waals surface area contributed by atoms with Gasteiger partial charge in [0.25, 0.3) is 0 Å². The Bertz CT molecular complexity index is 869. The number of carbonyl (C=O) groups excluding carboxylic acids is 2. The van der Waals surface area contributed by atoms with Crippen LogP contribution < -0.4 is 5.41 Å². The van der Waals surface area contributed by atoms with E-state index in [2.05, 4.69) is 4.84 Å². The van der Waals surface area contributed by atoms with Gasteiger partial charge in [-0.25, -0.2) is 5.41 Å². The number of esters is 2. The van der Waals surface area contributed by atoms with E-state index < -0.39 is 51.9 Å². The van der Waals surface area contributed by atoms with Crippen LogP contribution in [0.3, 0.4) is 0 Å². The van der Waals surface area contributed by atoms with Gasteiger partial charge in [-0.2, -0.15) is 0 Å². The zero-order valence-electron chi connectivity index (χ0n) is 21.8. The SMILES string of the molecule is COC(=[NH2+])CCOC(=O)C1CC(SSC2CCC([N+](=O)[O-])C(C(=O)OCCC([N-]Cl)OC)C2)CCC1[N+](=O)[O-]. The number of nitrogens with zero attached hydrogens (tertiary/aromatic N) is 3. The summed E-state index contributed by atoms with van der Waals surface area (Å²) in [6.45, 7) is -0.0652. The zero-order valence-corrected chi connectivity index (χ0v) is 24.2. The first-order chi connectivity index (χ1) is 18.6. The molecule has 2 aliphatic carbocycles. The van der Waals surface area contributed by atoms with E-state index in [0.29, 0.717) is 12.8 Å². The minimum atomic E-state index is -1.03. The third-order valence-corrected chi connectivity index (χ3v) is 10.5. The molecule has 0 saturated heterocycles. The number of hydrogen-bond donors (Lipinski definition) is 1. The van der Waals surface area contributed by atoms with Crippen LogP contribution in [0.5, 0.6) is 0 Å². The Kier molecular flexibility index (Phi) is 14.6. The maximum absolute atomic E-state index is 12.7. The first-order valence-corrected chi connectivity index (χ1v) is 15.1. The number of methoxy groups -OCH3 is 2. The molecule has 39 heavy (non-hydrogen) atoms. The molecule has 0 amide bonds. The van der Waals surface area contributed by atoms with Gasteiger partial charge in [0.05, 0.1) is 13.7 Å². The van der Waals surface area contributed by atoms with Gasteiger partial charge in [-0.1, -0.05) is 21.6 Å². The monoisotopic (exact) mass is 614 g/mol. The Labute approximate surface area is 239 Å². The van der Waals surface area contributed by atoms with Gasteiger partial charge in [-0.15, -0.1) is 0 Å². The highest BCUT2D eigenvalue weighted by molar-refractivity contribution is 8.77. The first kappa shape index (κ1) is 33.3. The minimum absolute atomic E-state index is 0.0318. The lowest BCUT2D eigenvalue weighted by molar-refractivity contribution is -0.533. The molecular formula is C22H35ClN4O10S2. The van der Waals surface area contributed by atoms with Crippen LogP contribution in [0.2, 0.25) is 0 Å². The average molecular weight is 615 g/mol. The number of halogens is 1. The van der Waals surface area contributed by atoms with Gasteiger partial charge in [0.15, 0.2) is 0 Å². The van der Waals surface area contributed by atoms with Crippen molar-refractivity contribution in [1.82, 2.24) is 0 Å². The number of hydrogen-bond acceptors (Lipinski definition) is 12. The number of rotatable bonds is 15. The largest absolute Gasteiger partial charge is 0.550 e. The summed E-state index contributed by atoms with van der Waals surface area (Å²) in [7, 11) is 5.80. The van der Waals surface area contributed by atoms with Crippen molar-refractivity contribution < 1.29 is 43.8 Å². The molecule has 0 heterocycles. The van der Waals surface area contributed by atoms with Gasteiger partial charge in [-0.3, -0.25) is 41.6 Å². The third-order valence-electron chi connectivity index (χ3n) is 6.85. The van der Waals surface area contributed by atoms with Crippen molar-refractivity contribution in [2.75, 3.05) is 27.4 Å². The molecule has 0 radical (unpaired) electrons. The molecule has 2 fully saturated rings. The van der Waals surface area contributed by atoms with Gasteiger partial charge in [-0.05, 0) is 38.3 Å². The Morgan fingerprint density at radius 2 is 1.44 bits per heavy atom. The lowest BCUT2D eigenvalue weighted by Crippen LogP contribution is -2.43. The predicted molar refractivity (Wildman–Crippen MR) is 144 cm³/mol. The molecule has 0 aromatic carbocycles. The van der Waals surface area contributed by atoms with Crippen molar-refractivity contribution in [3.8, 4) is 0 Å². The molecule has 2 N–H and O–H groups in total. The smallest absolute Gasteiger partial charge is 0.336 e. The van der Waals surface area contributed by atoms with E-state index in [4.69, 9.17) is 36.1 Å². The number of carbonyl (C=O) groups is 2. The van der Waals surface area contributed by atoms with Crippen molar-refractivity contribution in [1.29, 1.82) is 0 Å². The molecule has 2 aliphatic rings. The van der Waals surface area contributed by atoms with Crippen LogP contribution in [-0.2, 0) is 28.5 Å². The topological polar surface area (TPSA) is 197 Å². The number of nitro groups is 2. The first-order valence-electron chi connectivity index (χ1n) is 12.5. The highest BCUT2D eigenvalue weighted by Crippen LogP contribution is 2.45. The second kappa shape index (κ2) is 17.0. The molecule has 14 nitrogen and oxygen atoms in total. The van der Waals surface area contributed by atoms with Gasteiger partial charge in [0.1, 0.15) is 24.9 Å². The number of nitrogens with two attached hydrogens (primary N) is 1. The van der Waals surface area contributed by atoms with Gasteiger partial charge in [0, 0.05) is 40.3 Å². The van der Waals surface area contributed by atoms with Gasteiger partial charge in [0.2, 0.25) is 12.1 Å². The van der Waals surface area contributed by atoms with E-state index >= 15 is 0 Å². The minimum Gasteiger partial charge on any atom is -0.550 e. The molecule has 2 saturated carbocycles. The molecular weight excluding hydrogens is 580 g/mol. The summed E-state index contributed by atoms with van der Waals surface area (Å²) in [6.07, 6.45) is 1.85. The molecule has 0 bridgehead atoms. The summed E-state index contributed by atoms with van der Waals surface area (Å²) in [5, 5.41) is 28.6. The average Bonchev–Trinajstić information content (AvgIpc) is 2.93. The van der Waals surface area contributed by atoms with E-state index in [1.807, 2.05) is 0 Å². The zero-order chi connectivity index (χ0) is 28.9. The molecule has 0 aromatic heterocycles. The Hall–Kier alpha value is -1.88. The maximum Gasteiger partial charge on any atom is 0.336 e. The summed E-state index contributed by atoms with van der Waals surface area (Å²) >= 11 is 5.40. The molecule has 0 aliphatic heterocycles. The van der Waals surface area contributed by atoms with Crippen molar-refractivity contribution in [3.05, 3.63) is 25.1 Å². The summed E-state index contributed by atoms with van der Waals surface area (Å²) in [5.41, 5.74) is 0. The molecule has 17 heteroatoms. The molecule has 7 atom stereocenters. The second-order valence-electron chi connectivity index (χ2n) is 9.31. The molecule has 0 aromatic rings. The third kappa shape index (κ3) is 10.6. The number of ether oxygens (including phenoxy) is 4. The van der Waals surface area contributed by atoms with Gasteiger partial charge >= 0.3 is 17.8 Å². The summed E-state index contributed by atoms with van der Waals surface area (Å²) < 4.78 is 20.3. The van der Waals surface area contributed by atoms with E-state index in [-0.39, 0.29) is 68.1 Å². The normalized spacial score (nSPS) is 27.7.